The van der Waals surface area contributed by atoms with Crippen molar-refractivity contribution in [3.8, 4) is 0 Å². The van der Waals surface area contributed by atoms with Crippen LogP contribution in [0.15, 0.2) is 18.2 Å². The third kappa shape index (κ3) is 5.03. The number of benzene rings is 1. The van der Waals surface area contributed by atoms with E-state index in [-0.39, 0.29) is 12.1 Å². The van der Waals surface area contributed by atoms with Gasteiger partial charge in [-0.25, -0.2) is 9.59 Å². The molecule has 3 heterocycles. The van der Waals surface area contributed by atoms with E-state index in [1.165, 1.54) is 5.69 Å². The molecule has 0 unspecified atom stereocenters. The van der Waals surface area contributed by atoms with Crippen LogP contribution in [0.5, 0.6) is 0 Å². The lowest BCUT2D eigenvalue weighted by atomic mass is 9.71. The minimum Gasteiger partial charge on any atom is -0.461 e. The van der Waals surface area contributed by atoms with Gasteiger partial charge in [0.15, 0.2) is 0 Å². The molecule has 7 nitrogen and oxygen atoms in total. The zero-order chi connectivity index (χ0) is 24.5. The lowest BCUT2D eigenvalue weighted by Crippen LogP contribution is -2.49. The number of aromatic nitrogens is 1. The molecule has 4 rings (SSSR count). The third-order valence-corrected chi connectivity index (χ3v) is 7.39. The first-order valence-electron chi connectivity index (χ1n) is 12.7. The van der Waals surface area contributed by atoms with Crippen molar-refractivity contribution in [2.75, 3.05) is 37.7 Å². The van der Waals surface area contributed by atoms with Gasteiger partial charge in [-0.15, -0.1) is 0 Å². The molecule has 1 aromatic carbocycles. The van der Waals surface area contributed by atoms with Gasteiger partial charge in [-0.1, -0.05) is 13.0 Å². The van der Waals surface area contributed by atoms with Crippen LogP contribution in [0.25, 0.3) is 10.9 Å². The summed E-state index contributed by atoms with van der Waals surface area (Å²) >= 11 is 0. The van der Waals surface area contributed by atoms with Gasteiger partial charge in [0.1, 0.15) is 11.3 Å². The molecule has 1 aromatic heterocycles. The number of likely N-dealkylation sites (tertiary alicyclic amines) is 1. The number of fused-ring (bicyclic) bond motifs is 1. The quantitative estimate of drug-likeness (QED) is 0.597. The van der Waals surface area contributed by atoms with E-state index in [1.807, 2.05) is 32.6 Å². The Morgan fingerprint density at radius 3 is 2.26 bits per heavy atom. The van der Waals surface area contributed by atoms with Crippen molar-refractivity contribution < 1.29 is 19.1 Å². The molecule has 34 heavy (non-hydrogen) atoms. The number of rotatable bonds is 4. The number of aryl methyl sites for hydroxylation is 1. The van der Waals surface area contributed by atoms with Crippen LogP contribution >= 0.6 is 0 Å². The molecule has 2 saturated heterocycles. The van der Waals surface area contributed by atoms with Crippen molar-refractivity contribution in [3.63, 3.8) is 0 Å². The lowest BCUT2D eigenvalue weighted by Gasteiger charge is -2.47. The summed E-state index contributed by atoms with van der Waals surface area (Å²) in [6.07, 6.45) is 4.93. The number of hydrogen-bond acceptors (Lipinski definition) is 5. The van der Waals surface area contributed by atoms with E-state index in [0.29, 0.717) is 17.7 Å². The summed E-state index contributed by atoms with van der Waals surface area (Å²) < 4.78 is 10.8. The van der Waals surface area contributed by atoms with Crippen molar-refractivity contribution >= 4 is 28.7 Å². The Labute approximate surface area is 202 Å². The zero-order valence-corrected chi connectivity index (χ0v) is 21.3. The summed E-state index contributed by atoms with van der Waals surface area (Å²) in [5, 5.41) is 1.09. The number of nitrogens with zero attached hydrogens (tertiary/aromatic N) is 2. The second-order valence-corrected chi connectivity index (χ2v) is 10.7. The molecule has 1 spiro atoms. The fourth-order valence-electron chi connectivity index (χ4n) is 5.41. The minimum absolute atomic E-state index is 0.187. The predicted octanol–water partition coefficient (Wildman–Crippen LogP) is 5.52. The van der Waals surface area contributed by atoms with Gasteiger partial charge >= 0.3 is 12.1 Å². The average Bonchev–Trinajstić information content (AvgIpc) is 3.17. The normalized spacial score (nSPS) is 18.4. The summed E-state index contributed by atoms with van der Waals surface area (Å²) in [5.74, 6) is -0.283. The highest BCUT2D eigenvalue weighted by Gasteiger charge is 2.39. The third-order valence-electron chi connectivity index (χ3n) is 7.39. The second kappa shape index (κ2) is 9.51. The SMILES string of the molecule is CCOC(=O)c1[nH]c2cc(N3CCC4(CCN(C(=O)OC(C)(C)C)CC4)CC3)ccc2c1CC. The number of hydrogen-bond donors (Lipinski definition) is 1. The Balaban J connectivity index is 1.40. The van der Waals surface area contributed by atoms with Crippen molar-refractivity contribution in [2.24, 2.45) is 5.41 Å². The molecule has 1 N–H and O–H groups in total. The number of nitrogens with one attached hydrogen (secondary N) is 1. The van der Waals surface area contributed by atoms with Crippen LogP contribution in [0.3, 0.4) is 0 Å². The van der Waals surface area contributed by atoms with Gasteiger partial charge in [0.25, 0.3) is 0 Å². The Bertz CT molecular complexity index is 1030. The highest BCUT2D eigenvalue weighted by atomic mass is 16.6. The first kappa shape index (κ1) is 24.4. The zero-order valence-electron chi connectivity index (χ0n) is 21.3. The average molecular weight is 470 g/mol. The molecule has 0 atom stereocenters. The molecule has 2 aliphatic rings. The summed E-state index contributed by atoms with van der Waals surface area (Å²) in [6.45, 7) is 13.6. The van der Waals surface area contributed by atoms with Crippen LogP contribution in [0.2, 0.25) is 0 Å². The molecule has 2 fully saturated rings. The second-order valence-electron chi connectivity index (χ2n) is 10.7. The van der Waals surface area contributed by atoms with E-state index in [2.05, 4.69) is 35.0 Å². The number of H-pyrrole nitrogens is 1. The van der Waals surface area contributed by atoms with Crippen molar-refractivity contribution in [1.82, 2.24) is 9.88 Å². The fraction of sp³-hybridized carbons (Fsp3) is 0.630. The molecule has 0 saturated carbocycles. The topological polar surface area (TPSA) is 74.9 Å². The van der Waals surface area contributed by atoms with Crippen molar-refractivity contribution in [3.05, 3.63) is 29.5 Å². The van der Waals surface area contributed by atoms with E-state index in [0.717, 1.165) is 74.7 Å². The Morgan fingerprint density at radius 1 is 1.03 bits per heavy atom. The van der Waals surface area contributed by atoms with Gasteiger partial charge in [0.2, 0.25) is 0 Å². The first-order chi connectivity index (χ1) is 16.1. The number of amides is 1. The Hall–Kier alpha value is -2.70. The van der Waals surface area contributed by atoms with E-state index in [9.17, 15) is 9.59 Å². The molecule has 0 radical (unpaired) electrons. The van der Waals surface area contributed by atoms with Crippen LogP contribution in [0.1, 0.15) is 76.4 Å². The lowest BCUT2D eigenvalue weighted by molar-refractivity contribution is 0.00664. The fourth-order valence-corrected chi connectivity index (χ4v) is 5.41. The molecule has 1 amide bonds. The van der Waals surface area contributed by atoms with Gasteiger partial charge in [-0.3, -0.25) is 0 Å². The maximum atomic E-state index is 12.4. The molecule has 0 bridgehead atoms. The number of esters is 1. The summed E-state index contributed by atoms with van der Waals surface area (Å²) in [6, 6.07) is 6.47. The molecular weight excluding hydrogens is 430 g/mol. The van der Waals surface area contributed by atoms with E-state index in [1.54, 1.807) is 0 Å². The number of ether oxygens (including phenoxy) is 2. The van der Waals surface area contributed by atoms with Gasteiger partial charge < -0.3 is 24.3 Å². The molecule has 2 aliphatic heterocycles. The monoisotopic (exact) mass is 469 g/mol. The molecule has 186 valence electrons. The maximum absolute atomic E-state index is 12.4. The number of piperidine rings is 2. The molecule has 0 aliphatic carbocycles. The van der Waals surface area contributed by atoms with Crippen LogP contribution in [0.4, 0.5) is 10.5 Å². The first-order valence-corrected chi connectivity index (χ1v) is 12.7. The van der Waals surface area contributed by atoms with Gasteiger partial charge in [-0.2, -0.15) is 0 Å². The van der Waals surface area contributed by atoms with E-state index < -0.39 is 5.60 Å². The van der Waals surface area contributed by atoms with Crippen molar-refractivity contribution in [1.29, 1.82) is 0 Å². The van der Waals surface area contributed by atoms with Gasteiger partial charge in [0.05, 0.1) is 6.61 Å². The highest BCUT2D eigenvalue weighted by molar-refractivity contribution is 5.99. The standard InChI is InChI=1S/C27H39N3O4/c1-6-20-21-9-8-19(18-22(21)28-23(20)24(31)33-7-2)29-14-10-27(11-15-29)12-16-30(17-13-27)25(32)34-26(3,4)5/h8-9,18,28H,6-7,10-17H2,1-5H3. The van der Waals surface area contributed by atoms with Crippen LogP contribution in [-0.4, -0.2) is 60.3 Å². The highest BCUT2D eigenvalue weighted by Crippen LogP contribution is 2.42. The van der Waals surface area contributed by atoms with Crippen LogP contribution < -0.4 is 4.90 Å². The smallest absolute Gasteiger partial charge is 0.410 e. The number of carbonyl (C=O) groups excluding carboxylic acids is 2. The van der Waals surface area contributed by atoms with Gasteiger partial charge in [0, 0.05) is 42.8 Å². The molecule has 2 aromatic rings. The van der Waals surface area contributed by atoms with Crippen LogP contribution in [-0.2, 0) is 15.9 Å². The summed E-state index contributed by atoms with van der Waals surface area (Å²) in [5.41, 5.74) is 3.64. The largest absolute Gasteiger partial charge is 0.461 e. The van der Waals surface area contributed by atoms with Crippen molar-refractivity contribution in [2.45, 2.75) is 72.3 Å². The van der Waals surface area contributed by atoms with Crippen LogP contribution in [0, 0.1) is 5.41 Å². The molecular formula is C27H39N3O4. The number of carbonyl (C=O) groups is 2. The summed E-state index contributed by atoms with van der Waals surface area (Å²) in [7, 11) is 0. The Morgan fingerprint density at radius 2 is 1.68 bits per heavy atom. The molecule has 7 heteroatoms. The van der Waals surface area contributed by atoms with Gasteiger partial charge in [-0.05, 0) is 82.9 Å². The van der Waals surface area contributed by atoms with E-state index >= 15 is 0 Å². The minimum atomic E-state index is -0.452. The number of anilines is 1. The number of aromatic amines is 1. The predicted molar refractivity (Wildman–Crippen MR) is 135 cm³/mol. The summed E-state index contributed by atoms with van der Waals surface area (Å²) in [4.78, 5) is 32.4. The Kier molecular flexibility index (Phi) is 6.83. The maximum Gasteiger partial charge on any atom is 0.410 e. The van der Waals surface area contributed by atoms with E-state index in [4.69, 9.17) is 9.47 Å².